The summed E-state index contributed by atoms with van der Waals surface area (Å²) in [6, 6.07) is 15.8. The van der Waals surface area contributed by atoms with Crippen molar-refractivity contribution >= 4 is 46.3 Å². The molecule has 2 aliphatic heterocycles. The van der Waals surface area contributed by atoms with Gasteiger partial charge in [0.15, 0.2) is 11.4 Å². The van der Waals surface area contributed by atoms with Gasteiger partial charge >= 0.3 is 23.9 Å². The number of rotatable bonds is 3. The van der Waals surface area contributed by atoms with Gasteiger partial charge in [-0.3, -0.25) is 9.59 Å². The van der Waals surface area contributed by atoms with Gasteiger partial charge in [0, 0.05) is 42.0 Å². The van der Waals surface area contributed by atoms with Crippen molar-refractivity contribution in [2.75, 3.05) is 0 Å². The third kappa shape index (κ3) is 3.62. The Morgan fingerprint density at radius 1 is 0.897 bits per heavy atom. The summed E-state index contributed by atoms with van der Waals surface area (Å²) in [7, 11) is 0. The number of carbonyl (C=O) groups is 4. The van der Waals surface area contributed by atoms with Crippen molar-refractivity contribution < 1.29 is 43.2 Å². The molecule has 0 bridgehead atoms. The van der Waals surface area contributed by atoms with Crippen LogP contribution < -0.4 is 14.2 Å². The first-order chi connectivity index (χ1) is 18.6. The van der Waals surface area contributed by atoms with E-state index in [0.29, 0.717) is 39.0 Å². The van der Waals surface area contributed by atoms with Gasteiger partial charge in [-0.1, -0.05) is 29.8 Å². The van der Waals surface area contributed by atoms with Gasteiger partial charge in [0.25, 0.3) is 0 Å². The summed E-state index contributed by atoms with van der Waals surface area (Å²) < 4.78 is 22.9. The van der Waals surface area contributed by atoms with Gasteiger partial charge in [-0.05, 0) is 41.8 Å². The molecule has 1 atom stereocenters. The van der Waals surface area contributed by atoms with E-state index >= 15 is 0 Å². The van der Waals surface area contributed by atoms with Crippen molar-refractivity contribution in [1.29, 1.82) is 0 Å². The lowest BCUT2D eigenvalue weighted by Crippen LogP contribution is -2.33. The smallest absolute Gasteiger partial charge is 0.341 e. The van der Waals surface area contributed by atoms with Gasteiger partial charge in [0.05, 0.1) is 16.1 Å². The number of fused-ring (bicyclic) bond motifs is 8. The van der Waals surface area contributed by atoms with E-state index in [1.807, 2.05) is 0 Å². The first kappa shape index (κ1) is 24.4. The summed E-state index contributed by atoms with van der Waals surface area (Å²) in [5, 5.41) is 11.1. The molecule has 2 heterocycles. The van der Waals surface area contributed by atoms with Crippen molar-refractivity contribution in [3.63, 3.8) is 0 Å². The number of benzene rings is 4. The van der Waals surface area contributed by atoms with Crippen LogP contribution in [0.1, 0.15) is 51.3 Å². The van der Waals surface area contributed by atoms with Crippen molar-refractivity contribution in [1.82, 2.24) is 0 Å². The highest BCUT2D eigenvalue weighted by Gasteiger charge is 2.55. The SMILES string of the molecule is CC(=O)Oc1ccc2c3c(ccc2c1)C1(OC(=O)c2c(C(=O)O)cccc21)c1cc(Cl)c(OC(C)=O)cc1O3. The molecule has 0 saturated heterocycles. The highest BCUT2D eigenvalue weighted by molar-refractivity contribution is 6.32. The molecule has 39 heavy (non-hydrogen) atoms. The van der Waals surface area contributed by atoms with Crippen LogP contribution >= 0.6 is 11.6 Å². The van der Waals surface area contributed by atoms with Gasteiger partial charge < -0.3 is 24.1 Å². The van der Waals surface area contributed by atoms with Crippen LogP contribution in [0.25, 0.3) is 10.8 Å². The number of aromatic carboxylic acids is 1. The minimum Gasteiger partial charge on any atom is -0.478 e. The molecule has 10 heteroatoms. The minimum atomic E-state index is -1.62. The zero-order valence-electron chi connectivity index (χ0n) is 20.4. The molecule has 1 spiro atoms. The monoisotopic (exact) mass is 544 g/mol. The Labute approximate surface area is 225 Å². The summed E-state index contributed by atoms with van der Waals surface area (Å²) in [6.45, 7) is 2.52. The fourth-order valence-electron chi connectivity index (χ4n) is 5.17. The Balaban J connectivity index is 1.68. The number of hydrogen-bond acceptors (Lipinski definition) is 8. The van der Waals surface area contributed by atoms with E-state index in [2.05, 4.69) is 0 Å². The van der Waals surface area contributed by atoms with Crippen molar-refractivity contribution in [2.45, 2.75) is 19.4 Å². The zero-order chi connectivity index (χ0) is 27.6. The van der Waals surface area contributed by atoms with Crippen LogP contribution in [0.2, 0.25) is 5.02 Å². The molecular weight excluding hydrogens is 528 g/mol. The van der Waals surface area contributed by atoms with Crippen LogP contribution in [0.15, 0.2) is 60.7 Å². The Bertz CT molecular complexity index is 1790. The second kappa shape index (κ2) is 8.57. The van der Waals surface area contributed by atoms with Crippen LogP contribution in [-0.4, -0.2) is 29.0 Å². The van der Waals surface area contributed by atoms with Crippen molar-refractivity contribution in [2.24, 2.45) is 0 Å². The summed E-state index contributed by atoms with van der Waals surface area (Å²) in [4.78, 5) is 48.5. The zero-order valence-corrected chi connectivity index (χ0v) is 21.1. The Morgan fingerprint density at radius 2 is 1.67 bits per heavy atom. The van der Waals surface area contributed by atoms with Gasteiger partial charge in [0.2, 0.25) is 0 Å². The maximum Gasteiger partial charge on any atom is 0.341 e. The third-order valence-corrected chi connectivity index (χ3v) is 6.88. The predicted molar refractivity (Wildman–Crippen MR) is 137 cm³/mol. The summed E-state index contributed by atoms with van der Waals surface area (Å²) in [5.41, 5.74) is -0.879. The van der Waals surface area contributed by atoms with E-state index in [0.717, 1.165) is 0 Å². The lowest BCUT2D eigenvalue weighted by molar-refractivity contribution is -0.132. The van der Waals surface area contributed by atoms with E-state index in [9.17, 15) is 24.3 Å². The van der Waals surface area contributed by atoms with Crippen molar-refractivity contribution in [3.05, 3.63) is 93.5 Å². The van der Waals surface area contributed by atoms with Crippen molar-refractivity contribution in [3.8, 4) is 23.0 Å². The molecular formula is C29H17ClO9. The molecule has 1 N–H and O–H groups in total. The molecule has 194 valence electrons. The standard InChI is InChI=1S/C29H17ClO9/c1-13(31)36-16-7-8-17-15(10-16)6-9-20-26(17)38-23-12-24(37-14(2)32)22(30)11-21(23)29(20)19-5-3-4-18(27(33)34)25(19)28(35)39-29/h3-12H,1-2H3,(H,33,34). The molecule has 4 aromatic rings. The number of carboxylic acid groups (broad SMARTS) is 1. The molecule has 4 aromatic carbocycles. The predicted octanol–water partition coefficient (Wildman–Crippen LogP) is 5.61. The van der Waals surface area contributed by atoms with Gasteiger partial charge in [-0.25, -0.2) is 9.59 Å². The number of esters is 3. The highest BCUT2D eigenvalue weighted by atomic mass is 35.5. The molecule has 0 amide bonds. The van der Waals surface area contributed by atoms with E-state index in [-0.39, 0.29) is 27.6 Å². The second-order valence-corrected chi connectivity index (χ2v) is 9.40. The van der Waals surface area contributed by atoms with Crippen LogP contribution in [0, 0.1) is 0 Å². The summed E-state index contributed by atoms with van der Waals surface area (Å²) >= 11 is 6.48. The van der Waals surface area contributed by atoms with Gasteiger partial charge in [-0.2, -0.15) is 0 Å². The summed E-state index contributed by atoms with van der Waals surface area (Å²) in [6.07, 6.45) is 0. The molecule has 0 radical (unpaired) electrons. The maximum absolute atomic E-state index is 13.3. The van der Waals surface area contributed by atoms with Gasteiger partial charge in [0.1, 0.15) is 17.2 Å². The number of carbonyl (C=O) groups excluding carboxylic acids is 3. The fraction of sp³-hybridized carbons (Fsp3) is 0.103. The molecule has 0 aliphatic carbocycles. The third-order valence-electron chi connectivity index (χ3n) is 6.59. The van der Waals surface area contributed by atoms with E-state index in [4.69, 9.17) is 30.5 Å². The molecule has 0 aromatic heterocycles. The fourth-order valence-corrected chi connectivity index (χ4v) is 5.37. The van der Waals surface area contributed by atoms with Crippen LogP contribution in [0.5, 0.6) is 23.0 Å². The molecule has 1 unspecified atom stereocenters. The first-order valence-corrected chi connectivity index (χ1v) is 12.0. The average Bonchev–Trinajstić information content (AvgIpc) is 3.17. The first-order valence-electron chi connectivity index (χ1n) is 11.7. The second-order valence-electron chi connectivity index (χ2n) is 9.00. The molecule has 0 saturated carbocycles. The lowest BCUT2D eigenvalue weighted by atomic mass is 9.76. The van der Waals surface area contributed by atoms with E-state index in [1.165, 1.54) is 38.1 Å². The largest absolute Gasteiger partial charge is 0.478 e. The number of carboxylic acids is 1. The number of ether oxygens (including phenoxy) is 4. The Morgan fingerprint density at radius 3 is 2.38 bits per heavy atom. The van der Waals surface area contributed by atoms with E-state index in [1.54, 1.807) is 36.4 Å². The van der Waals surface area contributed by atoms with Crippen LogP contribution in [0.4, 0.5) is 0 Å². The van der Waals surface area contributed by atoms with Crippen LogP contribution in [-0.2, 0) is 19.9 Å². The molecule has 9 nitrogen and oxygen atoms in total. The lowest BCUT2D eigenvalue weighted by Gasteiger charge is -2.37. The Kier molecular flexibility index (Phi) is 5.37. The maximum atomic E-state index is 13.3. The highest BCUT2D eigenvalue weighted by Crippen LogP contribution is 2.59. The number of hydrogen-bond donors (Lipinski definition) is 1. The van der Waals surface area contributed by atoms with E-state index < -0.39 is 29.5 Å². The molecule has 2 aliphatic rings. The van der Waals surface area contributed by atoms with Gasteiger partial charge in [-0.15, -0.1) is 0 Å². The number of halogens is 1. The topological polar surface area (TPSA) is 125 Å². The quantitative estimate of drug-likeness (QED) is 0.259. The minimum absolute atomic E-state index is 0.0303. The van der Waals surface area contributed by atoms with Crippen LogP contribution in [0.3, 0.4) is 0 Å². The molecule has 6 rings (SSSR count). The normalized spacial score (nSPS) is 16.5. The Hall–Kier alpha value is -4.89. The molecule has 0 fully saturated rings. The average molecular weight is 545 g/mol. The summed E-state index contributed by atoms with van der Waals surface area (Å²) in [5.74, 6) is -2.34.